The maximum atomic E-state index is 4.74. The molecule has 0 saturated heterocycles. The summed E-state index contributed by atoms with van der Waals surface area (Å²) in [6, 6.07) is 3.85. The number of hydrogen-bond acceptors (Lipinski definition) is 4. The highest BCUT2D eigenvalue weighted by Crippen LogP contribution is 2.28. The largest absolute Gasteiger partial charge is 0.369 e. The van der Waals surface area contributed by atoms with E-state index in [1.807, 2.05) is 12.1 Å². The maximum Gasteiger partial charge on any atom is 0.181 e. The van der Waals surface area contributed by atoms with E-state index in [9.17, 15) is 0 Å². The minimum absolute atomic E-state index is 0.544. The molecule has 2 heterocycles. The van der Waals surface area contributed by atoms with E-state index >= 15 is 0 Å². The molecule has 2 rings (SSSR count). The van der Waals surface area contributed by atoms with E-state index in [1.165, 1.54) is 0 Å². The number of aromatic nitrogens is 3. The van der Waals surface area contributed by atoms with Crippen LogP contribution < -0.4 is 5.32 Å². The zero-order valence-corrected chi connectivity index (χ0v) is 16.1. The first-order chi connectivity index (χ1) is 10.0. The second kappa shape index (κ2) is 7.49. The topological polar surface area (TPSA) is 50.7 Å². The number of nitrogens with zero attached hydrogens (tertiary/aromatic N) is 3. The third-order valence-corrected chi connectivity index (χ3v) is 4.61. The van der Waals surface area contributed by atoms with Crippen molar-refractivity contribution in [2.45, 2.75) is 27.2 Å². The van der Waals surface area contributed by atoms with E-state index in [1.54, 1.807) is 6.20 Å². The number of hydrogen-bond donors (Lipinski definition) is 1. The van der Waals surface area contributed by atoms with Crippen LogP contribution in [-0.2, 0) is 6.42 Å². The molecule has 0 radical (unpaired) electrons. The fourth-order valence-corrected chi connectivity index (χ4v) is 3.04. The minimum Gasteiger partial charge on any atom is -0.369 e. The monoisotopic (exact) mass is 460 g/mol. The summed E-state index contributed by atoms with van der Waals surface area (Å²) >= 11 is 5.85. The van der Waals surface area contributed by atoms with E-state index in [0.717, 1.165) is 38.2 Å². The zero-order valence-electron chi connectivity index (χ0n) is 12.3. The van der Waals surface area contributed by atoms with Gasteiger partial charge in [-0.25, -0.2) is 9.97 Å². The standard InChI is InChI=1S/C15H18BrIN4/c1-4-18-14-12(17)11(8-9(2)3)20-15(21-14)13-10(16)6-5-7-19-13/h5-7,9H,4,8H2,1-3H3,(H,18,20,21). The zero-order chi connectivity index (χ0) is 15.4. The Kier molecular flexibility index (Phi) is 5.92. The summed E-state index contributed by atoms with van der Waals surface area (Å²) in [5, 5.41) is 3.32. The van der Waals surface area contributed by atoms with Crippen molar-refractivity contribution in [1.82, 2.24) is 15.0 Å². The molecule has 0 aromatic carbocycles. The smallest absolute Gasteiger partial charge is 0.181 e. The molecule has 0 saturated carbocycles. The molecule has 0 aliphatic heterocycles. The Balaban J connectivity index is 2.56. The van der Waals surface area contributed by atoms with Gasteiger partial charge in [0, 0.05) is 17.2 Å². The van der Waals surface area contributed by atoms with Gasteiger partial charge in [-0.15, -0.1) is 0 Å². The van der Waals surface area contributed by atoms with Crippen LogP contribution in [0.15, 0.2) is 22.8 Å². The Morgan fingerprint density at radius 1 is 1.33 bits per heavy atom. The number of rotatable bonds is 5. The third kappa shape index (κ3) is 4.12. The summed E-state index contributed by atoms with van der Waals surface area (Å²) in [5.41, 5.74) is 1.85. The van der Waals surface area contributed by atoms with Crippen LogP contribution >= 0.6 is 38.5 Å². The summed E-state index contributed by atoms with van der Waals surface area (Å²) in [6.45, 7) is 7.29. The summed E-state index contributed by atoms with van der Waals surface area (Å²) in [7, 11) is 0. The van der Waals surface area contributed by atoms with Crippen LogP contribution in [0.25, 0.3) is 11.5 Å². The van der Waals surface area contributed by atoms with Crippen LogP contribution in [0.2, 0.25) is 0 Å². The lowest BCUT2D eigenvalue weighted by Gasteiger charge is -2.13. The first-order valence-corrected chi connectivity index (χ1v) is 8.81. The Morgan fingerprint density at radius 3 is 2.71 bits per heavy atom. The first kappa shape index (κ1) is 16.6. The predicted molar refractivity (Wildman–Crippen MR) is 98.4 cm³/mol. The summed E-state index contributed by atoms with van der Waals surface area (Å²) in [4.78, 5) is 13.8. The van der Waals surface area contributed by atoms with Gasteiger partial charge in [-0.2, -0.15) is 0 Å². The third-order valence-electron chi connectivity index (χ3n) is 2.84. The van der Waals surface area contributed by atoms with E-state index < -0.39 is 0 Å². The molecule has 0 aliphatic rings. The van der Waals surface area contributed by atoms with Crippen LogP contribution in [-0.4, -0.2) is 21.5 Å². The van der Waals surface area contributed by atoms with Gasteiger partial charge in [-0.3, -0.25) is 4.98 Å². The van der Waals surface area contributed by atoms with Crippen LogP contribution in [0, 0.1) is 9.49 Å². The fourth-order valence-electron chi connectivity index (χ4n) is 1.96. The van der Waals surface area contributed by atoms with Gasteiger partial charge in [-0.1, -0.05) is 13.8 Å². The molecule has 4 nitrogen and oxygen atoms in total. The second-order valence-corrected chi connectivity index (χ2v) is 7.05. The van der Waals surface area contributed by atoms with Crippen molar-refractivity contribution in [2.75, 3.05) is 11.9 Å². The molecule has 0 unspecified atom stereocenters. The highest BCUT2D eigenvalue weighted by molar-refractivity contribution is 14.1. The summed E-state index contributed by atoms with van der Waals surface area (Å²) in [5.74, 6) is 2.09. The summed E-state index contributed by atoms with van der Waals surface area (Å²) < 4.78 is 2.00. The lowest BCUT2D eigenvalue weighted by molar-refractivity contribution is 0.632. The average Bonchev–Trinajstić information content (AvgIpc) is 2.43. The normalized spacial score (nSPS) is 11.0. The first-order valence-electron chi connectivity index (χ1n) is 6.94. The van der Waals surface area contributed by atoms with E-state index in [2.05, 4.69) is 74.6 Å². The van der Waals surface area contributed by atoms with Gasteiger partial charge < -0.3 is 5.32 Å². The molecule has 2 aromatic heterocycles. The molecule has 0 bridgehead atoms. The van der Waals surface area contributed by atoms with Crippen LogP contribution in [0.1, 0.15) is 26.5 Å². The molecular formula is C15H18BrIN4. The molecule has 0 fully saturated rings. The Bertz CT molecular complexity index is 631. The minimum atomic E-state index is 0.544. The van der Waals surface area contributed by atoms with Crippen molar-refractivity contribution in [3.8, 4) is 11.5 Å². The molecule has 6 heteroatoms. The van der Waals surface area contributed by atoms with Crippen molar-refractivity contribution < 1.29 is 0 Å². The van der Waals surface area contributed by atoms with Crippen molar-refractivity contribution in [1.29, 1.82) is 0 Å². The van der Waals surface area contributed by atoms with Gasteiger partial charge >= 0.3 is 0 Å². The number of nitrogens with one attached hydrogen (secondary N) is 1. The predicted octanol–water partition coefficient (Wildman–Crippen LogP) is 4.54. The molecule has 0 spiro atoms. The van der Waals surface area contributed by atoms with Crippen LogP contribution in [0.5, 0.6) is 0 Å². The number of halogens is 2. The molecule has 0 atom stereocenters. The molecule has 21 heavy (non-hydrogen) atoms. The van der Waals surface area contributed by atoms with Gasteiger partial charge in [-0.05, 0) is 69.9 Å². The van der Waals surface area contributed by atoms with Crippen LogP contribution in [0.3, 0.4) is 0 Å². The lowest BCUT2D eigenvalue weighted by Crippen LogP contribution is -2.10. The number of anilines is 1. The molecule has 2 aromatic rings. The fraction of sp³-hybridized carbons (Fsp3) is 0.400. The Hall–Kier alpha value is -0.760. The van der Waals surface area contributed by atoms with Gasteiger partial charge in [0.15, 0.2) is 5.82 Å². The Morgan fingerprint density at radius 2 is 2.10 bits per heavy atom. The van der Waals surface area contributed by atoms with E-state index in [0.29, 0.717) is 11.7 Å². The molecule has 112 valence electrons. The van der Waals surface area contributed by atoms with E-state index in [4.69, 9.17) is 4.98 Å². The second-order valence-electron chi connectivity index (χ2n) is 5.12. The van der Waals surface area contributed by atoms with Crippen molar-refractivity contribution in [3.05, 3.63) is 32.1 Å². The van der Waals surface area contributed by atoms with Crippen LogP contribution in [0.4, 0.5) is 5.82 Å². The average molecular weight is 461 g/mol. The van der Waals surface area contributed by atoms with Gasteiger partial charge in [0.05, 0.1) is 9.26 Å². The van der Waals surface area contributed by atoms with Crippen molar-refractivity contribution in [3.63, 3.8) is 0 Å². The molecule has 0 aliphatic carbocycles. The highest BCUT2D eigenvalue weighted by atomic mass is 127. The van der Waals surface area contributed by atoms with E-state index in [-0.39, 0.29) is 0 Å². The molecular weight excluding hydrogens is 443 g/mol. The number of pyridine rings is 1. The lowest BCUT2D eigenvalue weighted by atomic mass is 10.1. The maximum absolute atomic E-state index is 4.74. The molecule has 1 N–H and O–H groups in total. The quantitative estimate of drug-likeness (QED) is 0.665. The molecule has 0 amide bonds. The summed E-state index contributed by atoms with van der Waals surface area (Å²) in [6.07, 6.45) is 2.69. The van der Waals surface area contributed by atoms with Gasteiger partial charge in [0.1, 0.15) is 11.5 Å². The van der Waals surface area contributed by atoms with Gasteiger partial charge in [0.2, 0.25) is 0 Å². The highest BCUT2D eigenvalue weighted by Gasteiger charge is 2.16. The van der Waals surface area contributed by atoms with Gasteiger partial charge in [0.25, 0.3) is 0 Å². The SMILES string of the molecule is CCNc1nc(-c2ncccc2Br)nc(CC(C)C)c1I. The van der Waals surface area contributed by atoms with Crippen molar-refractivity contribution >= 4 is 44.3 Å². The Labute approximate surface area is 147 Å². The van der Waals surface area contributed by atoms with Crippen molar-refractivity contribution in [2.24, 2.45) is 5.92 Å².